The first-order valence-corrected chi connectivity index (χ1v) is 17.7. The zero-order valence-electron chi connectivity index (χ0n) is 29.1. The predicted molar refractivity (Wildman–Crippen MR) is 193 cm³/mol. The number of ether oxygens (including phenoxy) is 1. The third kappa shape index (κ3) is 10.0. The number of hydrogen-bond donors (Lipinski definition) is 3. The van der Waals surface area contributed by atoms with Gasteiger partial charge in [-0.2, -0.15) is 0 Å². The second-order valence-electron chi connectivity index (χ2n) is 13.1. The average molecular weight is 680 g/mol. The summed E-state index contributed by atoms with van der Waals surface area (Å²) >= 11 is 0. The van der Waals surface area contributed by atoms with Gasteiger partial charge in [0.05, 0.1) is 12.6 Å². The Balaban J connectivity index is 1.27. The molecule has 3 aromatic carbocycles. The Hall–Kier alpha value is -4.96. The molecule has 10 heteroatoms. The van der Waals surface area contributed by atoms with Crippen molar-refractivity contribution in [2.75, 3.05) is 20.1 Å². The summed E-state index contributed by atoms with van der Waals surface area (Å²) in [6.07, 6.45) is 8.99. The number of likely N-dealkylation sites (N-methyl/N-ethyl adjacent to an activating group) is 1. The van der Waals surface area contributed by atoms with E-state index >= 15 is 0 Å². The molecule has 1 heterocycles. The highest BCUT2D eigenvalue weighted by Gasteiger charge is 2.36. The third-order valence-electron chi connectivity index (χ3n) is 9.63. The van der Waals surface area contributed by atoms with Crippen molar-refractivity contribution in [3.05, 3.63) is 114 Å². The second kappa shape index (κ2) is 18.2. The normalized spacial score (nSPS) is 17.6. The Morgan fingerprint density at radius 3 is 2.14 bits per heavy atom. The quantitative estimate of drug-likeness (QED) is 0.220. The van der Waals surface area contributed by atoms with Crippen molar-refractivity contribution >= 4 is 23.6 Å². The standard InChI is InChI=1S/C40H49N5O5/c1-29(41-2)38(47)43-37(33-16-10-5-11-17-33)39(48)42-27-36(46)45-25-24-44(23-22-30-12-6-3-7-13-30)40(49)35(45)26-31-18-20-34(21-19-31)50-28-32-14-8-4-9-15-32/h3-4,6-9,12-15,18-21,24-25,29,33,35,37,41H,5,10-11,16-17,22-23,26-28H2,1-2H3,(H,42,48)(H,43,47)/t29-,35-,37-/m0/s1. The zero-order chi connectivity index (χ0) is 35.3. The summed E-state index contributed by atoms with van der Waals surface area (Å²) in [6, 6.07) is 25.4. The van der Waals surface area contributed by atoms with Crippen molar-refractivity contribution in [2.45, 2.75) is 76.6 Å². The smallest absolute Gasteiger partial charge is 0.250 e. The van der Waals surface area contributed by atoms with E-state index in [2.05, 4.69) is 16.0 Å². The largest absolute Gasteiger partial charge is 0.489 e. The molecule has 3 aromatic rings. The molecule has 4 amide bonds. The van der Waals surface area contributed by atoms with Crippen LogP contribution in [0.5, 0.6) is 5.75 Å². The molecule has 264 valence electrons. The van der Waals surface area contributed by atoms with Crippen LogP contribution in [0.3, 0.4) is 0 Å². The Kier molecular flexibility index (Phi) is 13.2. The van der Waals surface area contributed by atoms with Crippen LogP contribution < -0.4 is 20.7 Å². The minimum absolute atomic E-state index is 0.00566. The van der Waals surface area contributed by atoms with Crippen molar-refractivity contribution in [3.63, 3.8) is 0 Å². The van der Waals surface area contributed by atoms with Crippen LogP contribution in [0.2, 0.25) is 0 Å². The first-order valence-electron chi connectivity index (χ1n) is 17.7. The maximum atomic E-state index is 14.0. The van der Waals surface area contributed by atoms with Gasteiger partial charge in [-0.3, -0.25) is 19.2 Å². The molecule has 0 bridgehead atoms. The second-order valence-corrected chi connectivity index (χ2v) is 13.1. The van der Waals surface area contributed by atoms with E-state index in [4.69, 9.17) is 4.74 Å². The maximum Gasteiger partial charge on any atom is 0.250 e. The molecule has 1 saturated carbocycles. The number of nitrogens with zero attached hydrogens (tertiary/aromatic N) is 2. The average Bonchev–Trinajstić information content (AvgIpc) is 3.16. The van der Waals surface area contributed by atoms with Crippen LogP contribution in [0.15, 0.2) is 97.3 Å². The molecule has 2 aliphatic rings. The molecule has 0 saturated heterocycles. The summed E-state index contributed by atoms with van der Waals surface area (Å²) in [6.45, 7) is 2.35. The van der Waals surface area contributed by atoms with Gasteiger partial charge in [-0.15, -0.1) is 0 Å². The number of rotatable bonds is 15. The maximum absolute atomic E-state index is 14.0. The van der Waals surface area contributed by atoms with Crippen molar-refractivity contribution in [1.29, 1.82) is 0 Å². The lowest BCUT2D eigenvalue weighted by Crippen LogP contribution is -2.57. The summed E-state index contributed by atoms with van der Waals surface area (Å²) in [4.78, 5) is 57.1. The van der Waals surface area contributed by atoms with Crippen LogP contribution in [0.1, 0.15) is 55.7 Å². The molecule has 3 atom stereocenters. The summed E-state index contributed by atoms with van der Waals surface area (Å²) in [5, 5.41) is 8.63. The van der Waals surface area contributed by atoms with Gasteiger partial charge in [-0.1, -0.05) is 92.1 Å². The van der Waals surface area contributed by atoms with Gasteiger partial charge in [0.1, 0.15) is 24.4 Å². The van der Waals surface area contributed by atoms with Crippen LogP contribution in [-0.4, -0.2) is 71.7 Å². The van der Waals surface area contributed by atoms with Gasteiger partial charge >= 0.3 is 0 Å². The zero-order valence-corrected chi connectivity index (χ0v) is 29.1. The van der Waals surface area contributed by atoms with Gasteiger partial charge in [0.15, 0.2) is 0 Å². The number of amides is 4. The molecule has 1 fully saturated rings. The van der Waals surface area contributed by atoms with Gasteiger partial charge in [-0.25, -0.2) is 0 Å². The lowest BCUT2D eigenvalue weighted by atomic mass is 9.83. The van der Waals surface area contributed by atoms with E-state index in [1.165, 1.54) is 4.90 Å². The van der Waals surface area contributed by atoms with Gasteiger partial charge in [0, 0.05) is 25.4 Å². The Bertz CT molecular complexity index is 1590. The first-order chi connectivity index (χ1) is 24.3. The number of carbonyl (C=O) groups is 4. The lowest BCUT2D eigenvalue weighted by Gasteiger charge is -2.36. The highest BCUT2D eigenvalue weighted by molar-refractivity contribution is 5.94. The third-order valence-corrected chi connectivity index (χ3v) is 9.63. The summed E-state index contributed by atoms with van der Waals surface area (Å²) in [5.74, 6) is -0.551. The van der Waals surface area contributed by atoms with E-state index in [1.807, 2.05) is 84.9 Å². The number of benzene rings is 3. The highest BCUT2D eigenvalue weighted by atomic mass is 16.5. The number of carbonyl (C=O) groups excluding carboxylic acids is 4. The molecule has 50 heavy (non-hydrogen) atoms. The highest BCUT2D eigenvalue weighted by Crippen LogP contribution is 2.27. The van der Waals surface area contributed by atoms with Crippen LogP contribution in [0, 0.1) is 5.92 Å². The molecular formula is C40H49N5O5. The molecule has 3 N–H and O–H groups in total. The molecule has 1 aliphatic carbocycles. The molecule has 0 spiro atoms. The van der Waals surface area contributed by atoms with E-state index in [0.717, 1.165) is 48.8 Å². The lowest BCUT2D eigenvalue weighted by molar-refractivity contribution is -0.143. The molecule has 1 aliphatic heterocycles. The Morgan fingerprint density at radius 1 is 0.820 bits per heavy atom. The fraction of sp³-hybridized carbons (Fsp3) is 0.400. The first kappa shape index (κ1) is 36.3. The summed E-state index contributed by atoms with van der Waals surface area (Å²) < 4.78 is 5.95. The Morgan fingerprint density at radius 2 is 1.48 bits per heavy atom. The molecule has 10 nitrogen and oxygen atoms in total. The Labute approximate surface area is 295 Å². The van der Waals surface area contributed by atoms with Gasteiger partial charge < -0.3 is 30.5 Å². The molecular weight excluding hydrogens is 630 g/mol. The summed E-state index contributed by atoms with van der Waals surface area (Å²) in [5.41, 5.74) is 3.04. The van der Waals surface area contributed by atoms with Crippen molar-refractivity contribution in [2.24, 2.45) is 5.92 Å². The van der Waals surface area contributed by atoms with Crippen LogP contribution in [0.25, 0.3) is 0 Å². The SMILES string of the molecule is CN[C@@H](C)C(=O)N[C@H](C(=O)NCC(=O)N1C=CN(CCc2ccccc2)C(=O)[C@@H]1Cc1ccc(OCc2ccccc2)cc1)C1CCCCC1. The summed E-state index contributed by atoms with van der Waals surface area (Å²) in [7, 11) is 1.69. The van der Waals surface area contributed by atoms with Gasteiger partial charge in [-0.05, 0) is 68.0 Å². The fourth-order valence-electron chi connectivity index (χ4n) is 6.49. The topological polar surface area (TPSA) is 120 Å². The molecule has 5 rings (SSSR count). The molecule has 0 unspecified atom stereocenters. The molecule has 0 radical (unpaired) electrons. The molecule has 0 aromatic heterocycles. The minimum Gasteiger partial charge on any atom is -0.489 e. The van der Waals surface area contributed by atoms with Gasteiger partial charge in [0.25, 0.3) is 0 Å². The number of hydrogen-bond acceptors (Lipinski definition) is 6. The van der Waals surface area contributed by atoms with Crippen molar-refractivity contribution in [1.82, 2.24) is 25.8 Å². The van der Waals surface area contributed by atoms with Gasteiger partial charge in [0.2, 0.25) is 23.6 Å². The minimum atomic E-state index is -0.804. The van der Waals surface area contributed by atoms with Crippen LogP contribution >= 0.6 is 0 Å². The van der Waals surface area contributed by atoms with E-state index in [9.17, 15) is 19.2 Å². The van der Waals surface area contributed by atoms with E-state index < -0.39 is 24.0 Å². The number of nitrogens with one attached hydrogen (secondary N) is 3. The van der Waals surface area contributed by atoms with E-state index in [-0.39, 0.29) is 36.6 Å². The van der Waals surface area contributed by atoms with Crippen LogP contribution in [0.4, 0.5) is 0 Å². The van der Waals surface area contributed by atoms with E-state index in [0.29, 0.717) is 25.3 Å². The fourth-order valence-corrected chi connectivity index (χ4v) is 6.49. The van der Waals surface area contributed by atoms with Crippen molar-refractivity contribution in [3.8, 4) is 5.75 Å². The van der Waals surface area contributed by atoms with Crippen LogP contribution in [-0.2, 0) is 38.6 Å². The van der Waals surface area contributed by atoms with Crippen molar-refractivity contribution < 1.29 is 23.9 Å². The monoisotopic (exact) mass is 679 g/mol. The predicted octanol–water partition coefficient (Wildman–Crippen LogP) is 4.35. The van der Waals surface area contributed by atoms with E-state index in [1.54, 1.807) is 31.3 Å².